The summed E-state index contributed by atoms with van der Waals surface area (Å²) in [7, 11) is 0. The van der Waals surface area contributed by atoms with Crippen molar-refractivity contribution in [3.05, 3.63) is 11.6 Å². The number of carbonyl (C=O) groups is 3. The number of fused-ring (bicyclic) bond motifs is 3. The first-order valence-corrected chi connectivity index (χ1v) is 8.50. The van der Waals surface area contributed by atoms with Gasteiger partial charge in [0.1, 0.15) is 11.6 Å². The standard InChI is InChI=1S/C18H22O3/c19-16-12-7-3-4-8-13(12)18(21)15-14(16)9-10-5-1-2-6-11(10)17(15)20/h6,10,12-15H,1-5,7-9H2. The molecule has 0 aromatic carbocycles. The van der Waals surface area contributed by atoms with Gasteiger partial charge in [-0.15, -0.1) is 0 Å². The van der Waals surface area contributed by atoms with E-state index in [1.54, 1.807) is 0 Å². The molecular formula is C18H22O3. The average Bonchev–Trinajstić information content (AvgIpc) is 2.52. The summed E-state index contributed by atoms with van der Waals surface area (Å²) in [6, 6.07) is 0. The predicted octanol–water partition coefficient (Wildman–Crippen LogP) is 2.88. The largest absolute Gasteiger partial charge is 0.299 e. The highest BCUT2D eigenvalue weighted by molar-refractivity contribution is 6.17. The third kappa shape index (κ3) is 1.89. The van der Waals surface area contributed by atoms with E-state index in [1.165, 1.54) is 0 Å². The highest BCUT2D eigenvalue weighted by atomic mass is 16.2. The Bertz CT molecular complexity index is 545. The van der Waals surface area contributed by atoms with Crippen molar-refractivity contribution in [2.75, 3.05) is 0 Å². The molecule has 0 heterocycles. The first-order chi connectivity index (χ1) is 10.2. The van der Waals surface area contributed by atoms with Crippen molar-refractivity contribution in [2.24, 2.45) is 29.6 Å². The quantitative estimate of drug-likeness (QED) is 0.643. The number of Topliss-reactive ketones (excluding diaryl/α,β-unsaturated/α-hetero) is 3. The van der Waals surface area contributed by atoms with Crippen molar-refractivity contribution >= 4 is 17.3 Å². The normalized spacial score (nSPS) is 42.8. The molecule has 3 nitrogen and oxygen atoms in total. The van der Waals surface area contributed by atoms with Crippen LogP contribution in [0.25, 0.3) is 0 Å². The molecule has 112 valence electrons. The lowest BCUT2D eigenvalue weighted by Gasteiger charge is -2.45. The summed E-state index contributed by atoms with van der Waals surface area (Å²) in [5.74, 6) is -0.585. The average molecular weight is 286 g/mol. The second kappa shape index (κ2) is 4.89. The van der Waals surface area contributed by atoms with E-state index < -0.39 is 5.92 Å². The van der Waals surface area contributed by atoms with Gasteiger partial charge in [-0.2, -0.15) is 0 Å². The molecule has 4 aliphatic rings. The smallest absolute Gasteiger partial charge is 0.170 e. The summed E-state index contributed by atoms with van der Waals surface area (Å²) in [5.41, 5.74) is 0.873. The second-order valence-corrected chi connectivity index (χ2v) is 7.27. The minimum absolute atomic E-state index is 0.00155. The summed E-state index contributed by atoms with van der Waals surface area (Å²) in [4.78, 5) is 38.4. The van der Waals surface area contributed by atoms with E-state index in [2.05, 4.69) is 0 Å². The zero-order valence-corrected chi connectivity index (χ0v) is 12.3. The highest BCUT2D eigenvalue weighted by Gasteiger charge is 2.55. The Morgan fingerprint density at radius 2 is 1.52 bits per heavy atom. The molecule has 0 N–H and O–H groups in total. The molecule has 0 saturated heterocycles. The fourth-order valence-electron chi connectivity index (χ4n) is 5.22. The first-order valence-electron chi connectivity index (χ1n) is 8.50. The summed E-state index contributed by atoms with van der Waals surface area (Å²) in [6.45, 7) is 0. The molecule has 3 heteroatoms. The summed E-state index contributed by atoms with van der Waals surface area (Å²) in [6.07, 6.45) is 9.60. The van der Waals surface area contributed by atoms with Crippen LogP contribution in [0, 0.1) is 29.6 Å². The molecular weight excluding hydrogens is 264 g/mol. The van der Waals surface area contributed by atoms with Crippen molar-refractivity contribution in [2.45, 2.75) is 51.4 Å². The molecule has 3 fully saturated rings. The van der Waals surface area contributed by atoms with Gasteiger partial charge in [-0.3, -0.25) is 14.4 Å². The summed E-state index contributed by atoms with van der Waals surface area (Å²) >= 11 is 0. The Morgan fingerprint density at radius 3 is 2.29 bits per heavy atom. The monoisotopic (exact) mass is 286 g/mol. The van der Waals surface area contributed by atoms with Crippen LogP contribution in [-0.4, -0.2) is 17.3 Å². The maximum absolute atomic E-state index is 12.8. The van der Waals surface area contributed by atoms with E-state index in [0.29, 0.717) is 0 Å². The minimum atomic E-state index is -0.627. The van der Waals surface area contributed by atoms with Crippen LogP contribution in [0.1, 0.15) is 51.4 Å². The maximum atomic E-state index is 12.8. The highest BCUT2D eigenvalue weighted by Crippen LogP contribution is 2.49. The Morgan fingerprint density at radius 1 is 0.810 bits per heavy atom. The Labute approximate surface area is 125 Å². The molecule has 5 unspecified atom stereocenters. The van der Waals surface area contributed by atoms with E-state index in [1.807, 2.05) is 6.08 Å². The van der Waals surface area contributed by atoms with E-state index in [4.69, 9.17) is 0 Å². The van der Waals surface area contributed by atoms with Gasteiger partial charge >= 0.3 is 0 Å². The fraction of sp³-hybridized carbons (Fsp3) is 0.722. The zero-order chi connectivity index (χ0) is 14.6. The molecule has 4 aliphatic carbocycles. The van der Waals surface area contributed by atoms with Crippen LogP contribution in [0.5, 0.6) is 0 Å². The van der Waals surface area contributed by atoms with Crippen LogP contribution in [0.15, 0.2) is 11.6 Å². The number of rotatable bonds is 0. The second-order valence-electron chi connectivity index (χ2n) is 7.27. The van der Waals surface area contributed by atoms with E-state index in [0.717, 1.165) is 56.9 Å². The van der Waals surface area contributed by atoms with Crippen molar-refractivity contribution < 1.29 is 14.4 Å². The van der Waals surface area contributed by atoms with Crippen molar-refractivity contribution in [3.8, 4) is 0 Å². The van der Waals surface area contributed by atoms with Gasteiger partial charge in [0.25, 0.3) is 0 Å². The first kappa shape index (κ1) is 13.4. The number of hydrogen-bond donors (Lipinski definition) is 0. The third-order valence-corrected chi connectivity index (χ3v) is 6.24. The van der Waals surface area contributed by atoms with Gasteiger partial charge in [0.15, 0.2) is 5.78 Å². The van der Waals surface area contributed by atoms with Crippen LogP contribution in [0.4, 0.5) is 0 Å². The lowest BCUT2D eigenvalue weighted by molar-refractivity contribution is -0.155. The summed E-state index contributed by atoms with van der Waals surface area (Å²) in [5, 5.41) is 0. The zero-order valence-electron chi connectivity index (χ0n) is 12.3. The number of allylic oxidation sites excluding steroid dienone is 2. The van der Waals surface area contributed by atoms with Gasteiger partial charge < -0.3 is 0 Å². The molecule has 0 spiro atoms. The van der Waals surface area contributed by atoms with Crippen molar-refractivity contribution in [1.29, 1.82) is 0 Å². The molecule has 4 rings (SSSR count). The molecule has 0 aliphatic heterocycles. The Balaban J connectivity index is 1.72. The predicted molar refractivity (Wildman–Crippen MR) is 77.5 cm³/mol. The van der Waals surface area contributed by atoms with Gasteiger partial charge in [-0.1, -0.05) is 18.9 Å². The van der Waals surface area contributed by atoms with E-state index >= 15 is 0 Å². The Hall–Kier alpha value is -1.25. The van der Waals surface area contributed by atoms with Gasteiger partial charge in [-0.05, 0) is 50.0 Å². The molecule has 0 aromatic rings. The molecule has 0 amide bonds. The van der Waals surface area contributed by atoms with E-state index in [9.17, 15) is 14.4 Å². The molecule has 21 heavy (non-hydrogen) atoms. The third-order valence-electron chi connectivity index (χ3n) is 6.24. The van der Waals surface area contributed by atoms with Crippen LogP contribution in [0.3, 0.4) is 0 Å². The molecule has 0 aromatic heterocycles. The van der Waals surface area contributed by atoms with Crippen LogP contribution in [-0.2, 0) is 14.4 Å². The van der Waals surface area contributed by atoms with Crippen molar-refractivity contribution in [1.82, 2.24) is 0 Å². The lowest BCUT2D eigenvalue weighted by atomic mass is 9.55. The fourth-order valence-corrected chi connectivity index (χ4v) is 5.22. The Kier molecular flexibility index (Phi) is 3.13. The topological polar surface area (TPSA) is 51.2 Å². The van der Waals surface area contributed by atoms with Crippen LogP contribution in [0.2, 0.25) is 0 Å². The SMILES string of the molecule is O=C1C2CCCCC2C(=O)C2C(=O)C3=CCCCC3CC12. The number of hydrogen-bond acceptors (Lipinski definition) is 3. The van der Waals surface area contributed by atoms with Gasteiger partial charge in [0.2, 0.25) is 0 Å². The molecule has 0 radical (unpaired) electrons. The van der Waals surface area contributed by atoms with E-state index in [-0.39, 0.29) is 41.0 Å². The minimum Gasteiger partial charge on any atom is -0.299 e. The maximum Gasteiger partial charge on any atom is 0.170 e. The molecule has 3 saturated carbocycles. The van der Waals surface area contributed by atoms with Crippen molar-refractivity contribution in [3.63, 3.8) is 0 Å². The van der Waals surface area contributed by atoms with Gasteiger partial charge in [0.05, 0.1) is 5.92 Å². The van der Waals surface area contributed by atoms with Gasteiger partial charge in [-0.25, -0.2) is 0 Å². The van der Waals surface area contributed by atoms with Crippen LogP contribution >= 0.6 is 0 Å². The molecule has 5 atom stereocenters. The molecule has 0 bridgehead atoms. The summed E-state index contributed by atoms with van der Waals surface area (Å²) < 4.78 is 0. The lowest BCUT2D eigenvalue weighted by Crippen LogP contribution is -2.54. The number of carbonyl (C=O) groups excluding carboxylic acids is 3. The van der Waals surface area contributed by atoms with Gasteiger partial charge in [0, 0.05) is 17.8 Å². The number of ketones is 3. The van der Waals surface area contributed by atoms with Crippen LogP contribution < -0.4 is 0 Å².